The van der Waals surface area contributed by atoms with Crippen LogP contribution in [0.25, 0.3) is 0 Å². The zero-order valence-corrected chi connectivity index (χ0v) is 14.4. The van der Waals surface area contributed by atoms with Gasteiger partial charge in [0.1, 0.15) is 12.4 Å². The molecule has 0 radical (unpaired) electrons. The number of quaternary nitrogens is 1. The molecule has 2 aromatic rings. The topological polar surface area (TPSA) is 46.4 Å². The van der Waals surface area contributed by atoms with Crippen LogP contribution in [0.4, 0.5) is 10.2 Å². The van der Waals surface area contributed by atoms with E-state index in [1.165, 1.54) is 24.4 Å². The van der Waals surface area contributed by atoms with Crippen molar-refractivity contribution in [2.24, 2.45) is 0 Å². The molecule has 1 aromatic heterocycles. The Morgan fingerprint density at radius 1 is 1.29 bits per heavy atom. The maximum atomic E-state index is 13.0. The number of aromatic nitrogens is 1. The molecule has 1 fully saturated rings. The standard InChI is InChI=1S/C17H16Cl2FN3O/c18-12-7-15(19)17(21-8-12)22-16(24)10-23(14-5-6-14)9-11-1-3-13(20)4-2-11/h1-4,7-8,14H,5-6,9-10H2,(H,21,22,24)/p+1. The van der Waals surface area contributed by atoms with E-state index in [1.54, 1.807) is 12.1 Å². The number of hydrogen-bond donors (Lipinski definition) is 2. The predicted molar refractivity (Wildman–Crippen MR) is 91.8 cm³/mol. The Bertz CT molecular complexity index is 735. The SMILES string of the molecule is O=C(C[NH+](Cc1ccc(F)cc1)C1CC1)Nc1ncc(Cl)cc1Cl. The van der Waals surface area contributed by atoms with Gasteiger partial charge in [0.15, 0.2) is 12.4 Å². The fourth-order valence-electron chi connectivity index (χ4n) is 2.60. The number of nitrogens with zero attached hydrogens (tertiary/aromatic N) is 1. The van der Waals surface area contributed by atoms with E-state index < -0.39 is 0 Å². The van der Waals surface area contributed by atoms with Gasteiger partial charge in [0, 0.05) is 24.6 Å². The van der Waals surface area contributed by atoms with Crippen LogP contribution in [0.1, 0.15) is 18.4 Å². The quantitative estimate of drug-likeness (QED) is 0.823. The van der Waals surface area contributed by atoms with Crippen LogP contribution in [-0.4, -0.2) is 23.5 Å². The molecule has 0 spiro atoms. The summed E-state index contributed by atoms with van der Waals surface area (Å²) in [5.74, 6) is -0.105. The number of benzene rings is 1. The third kappa shape index (κ3) is 4.66. The van der Waals surface area contributed by atoms with Crippen molar-refractivity contribution < 1.29 is 14.1 Å². The van der Waals surface area contributed by atoms with Gasteiger partial charge in [0.05, 0.1) is 16.1 Å². The fourth-order valence-corrected chi connectivity index (χ4v) is 3.02. The second-order valence-electron chi connectivity index (χ2n) is 5.94. The van der Waals surface area contributed by atoms with Crippen molar-refractivity contribution in [3.05, 3.63) is 58.0 Å². The van der Waals surface area contributed by atoms with Gasteiger partial charge in [-0.05, 0) is 18.2 Å². The van der Waals surface area contributed by atoms with E-state index >= 15 is 0 Å². The minimum Gasteiger partial charge on any atom is -0.321 e. The molecule has 24 heavy (non-hydrogen) atoms. The summed E-state index contributed by atoms with van der Waals surface area (Å²) in [6, 6.07) is 8.40. The van der Waals surface area contributed by atoms with Gasteiger partial charge < -0.3 is 10.2 Å². The summed E-state index contributed by atoms with van der Waals surface area (Å²) in [5, 5.41) is 3.45. The molecule has 7 heteroatoms. The number of pyridine rings is 1. The van der Waals surface area contributed by atoms with Crippen LogP contribution in [0, 0.1) is 5.82 Å². The Kier molecular flexibility index (Phi) is 5.33. The summed E-state index contributed by atoms with van der Waals surface area (Å²) in [6.07, 6.45) is 3.64. The Balaban J connectivity index is 1.62. The number of nitrogens with one attached hydrogen (secondary N) is 2. The molecular weight excluding hydrogens is 352 g/mol. The number of rotatable bonds is 6. The first-order chi connectivity index (χ1) is 11.5. The first-order valence-corrected chi connectivity index (χ1v) is 8.47. The van der Waals surface area contributed by atoms with Crippen LogP contribution < -0.4 is 10.2 Å². The van der Waals surface area contributed by atoms with Crippen molar-refractivity contribution in [3.8, 4) is 0 Å². The molecule has 1 heterocycles. The Morgan fingerprint density at radius 3 is 2.62 bits per heavy atom. The molecule has 1 aliphatic rings. The third-order valence-electron chi connectivity index (χ3n) is 3.95. The lowest BCUT2D eigenvalue weighted by molar-refractivity contribution is -0.916. The summed E-state index contributed by atoms with van der Waals surface area (Å²) < 4.78 is 13.0. The van der Waals surface area contributed by atoms with E-state index in [-0.39, 0.29) is 11.7 Å². The summed E-state index contributed by atoms with van der Waals surface area (Å²) in [6.45, 7) is 0.989. The Hall–Kier alpha value is -1.69. The van der Waals surface area contributed by atoms with Crippen molar-refractivity contribution >= 4 is 34.9 Å². The summed E-state index contributed by atoms with van der Waals surface area (Å²) >= 11 is 11.8. The van der Waals surface area contributed by atoms with Gasteiger partial charge in [0.2, 0.25) is 0 Å². The van der Waals surface area contributed by atoms with E-state index in [0.29, 0.717) is 35.0 Å². The zero-order valence-electron chi connectivity index (χ0n) is 12.9. The normalized spacial score (nSPS) is 15.1. The van der Waals surface area contributed by atoms with E-state index in [4.69, 9.17) is 23.2 Å². The first kappa shape index (κ1) is 17.1. The van der Waals surface area contributed by atoms with Gasteiger partial charge in [-0.3, -0.25) is 4.79 Å². The molecule has 1 atom stereocenters. The predicted octanol–water partition coefficient (Wildman–Crippen LogP) is 2.71. The van der Waals surface area contributed by atoms with Crippen molar-refractivity contribution in [2.75, 3.05) is 11.9 Å². The summed E-state index contributed by atoms with van der Waals surface area (Å²) in [4.78, 5) is 17.5. The molecule has 3 rings (SSSR count). The molecule has 4 nitrogen and oxygen atoms in total. The molecule has 1 amide bonds. The molecule has 1 aromatic carbocycles. The molecule has 1 aliphatic carbocycles. The number of halogens is 3. The third-order valence-corrected chi connectivity index (χ3v) is 4.45. The van der Waals surface area contributed by atoms with Crippen LogP contribution in [-0.2, 0) is 11.3 Å². The van der Waals surface area contributed by atoms with Crippen LogP contribution in [0.15, 0.2) is 36.5 Å². The lowest BCUT2D eigenvalue weighted by atomic mass is 10.2. The highest BCUT2D eigenvalue weighted by Gasteiger charge is 2.34. The van der Waals surface area contributed by atoms with Crippen LogP contribution in [0.5, 0.6) is 0 Å². The van der Waals surface area contributed by atoms with Crippen LogP contribution >= 0.6 is 23.2 Å². The second kappa shape index (κ2) is 7.47. The van der Waals surface area contributed by atoms with Crippen LogP contribution in [0.3, 0.4) is 0 Å². The lowest BCUT2D eigenvalue weighted by Crippen LogP contribution is -3.13. The molecule has 126 valence electrons. The minimum atomic E-state index is -0.257. The Morgan fingerprint density at radius 2 is 2.00 bits per heavy atom. The van der Waals surface area contributed by atoms with Gasteiger partial charge >= 0.3 is 0 Å². The maximum Gasteiger partial charge on any atom is 0.280 e. The first-order valence-electron chi connectivity index (χ1n) is 7.71. The van der Waals surface area contributed by atoms with Gasteiger partial charge in [0.25, 0.3) is 5.91 Å². The van der Waals surface area contributed by atoms with Crippen molar-refractivity contribution in [1.82, 2.24) is 4.98 Å². The highest BCUT2D eigenvalue weighted by atomic mass is 35.5. The van der Waals surface area contributed by atoms with Gasteiger partial charge in [-0.25, -0.2) is 9.37 Å². The number of anilines is 1. The van der Waals surface area contributed by atoms with Gasteiger partial charge in [-0.1, -0.05) is 35.3 Å². The van der Waals surface area contributed by atoms with E-state index in [9.17, 15) is 9.18 Å². The van der Waals surface area contributed by atoms with Crippen molar-refractivity contribution in [2.45, 2.75) is 25.4 Å². The maximum absolute atomic E-state index is 13.0. The second-order valence-corrected chi connectivity index (χ2v) is 6.79. The lowest BCUT2D eigenvalue weighted by Gasteiger charge is -2.19. The number of carbonyl (C=O) groups is 1. The van der Waals surface area contributed by atoms with Crippen LogP contribution in [0.2, 0.25) is 10.0 Å². The number of amides is 1. The highest BCUT2D eigenvalue weighted by molar-refractivity contribution is 6.36. The van der Waals surface area contributed by atoms with Gasteiger partial charge in [-0.2, -0.15) is 0 Å². The molecule has 0 saturated heterocycles. The van der Waals surface area contributed by atoms with Crippen molar-refractivity contribution in [1.29, 1.82) is 0 Å². The number of carbonyl (C=O) groups excluding carboxylic acids is 1. The van der Waals surface area contributed by atoms with E-state index in [0.717, 1.165) is 23.3 Å². The number of hydrogen-bond acceptors (Lipinski definition) is 2. The zero-order chi connectivity index (χ0) is 17.1. The molecule has 1 unspecified atom stereocenters. The Labute approximate surface area is 149 Å². The smallest absolute Gasteiger partial charge is 0.280 e. The summed E-state index contributed by atoms with van der Waals surface area (Å²) in [7, 11) is 0. The molecular formula is C17H17Cl2FN3O+. The minimum absolute atomic E-state index is 0.157. The summed E-state index contributed by atoms with van der Waals surface area (Å²) in [5.41, 5.74) is 1.01. The highest BCUT2D eigenvalue weighted by Crippen LogP contribution is 2.22. The fraction of sp³-hybridized carbons (Fsp3) is 0.294. The largest absolute Gasteiger partial charge is 0.321 e. The average Bonchev–Trinajstić information content (AvgIpc) is 3.36. The molecule has 1 saturated carbocycles. The average molecular weight is 369 g/mol. The molecule has 0 aliphatic heterocycles. The van der Waals surface area contributed by atoms with E-state index in [1.807, 2.05) is 0 Å². The van der Waals surface area contributed by atoms with E-state index in [2.05, 4.69) is 10.3 Å². The molecule has 2 N–H and O–H groups in total. The van der Waals surface area contributed by atoms with Crippen molar-refractivity contribution in [3.63, 3.8) is 0 Å². The molecule has 0 bridgehead atoms. The van der Waals surface area contributed by atoms with Gasteiger partial charge in [-0.15, -0.1) is 0 Å². The monoisotopic (exact) mass is 368 g/mol.